The van der Waals surface area contributed by atoms with Crippen molar-refractivity contribution in [1.82, 2.24) is 14.5 Å². The maximum atomic E-state index is 12.3. The van der Waals surface area contributed by atoms with E-state index in [0.717, 1.165) is 45.6 Å². The number of anilines is 1. The Morgan fingerprint density at radius 3 is 2.28 bits per heavy atom. The van der Waals surface area contributed by atoms with Gasteiger partial charge in [0.25, 0.3) is 0 Å². The number of carbonyl (C=O) groups excluding carboxylic acids is 1. The highest BCUT2D eigenvalue weighted by Crippen LogP contribution is 2.29. The van der Waals surface area contributed by atoms with E-state index in [1.54, 1.807) is 4.90 Å². The van der Waals surface area contributed by atoms with Gasteiger partial charge in [-0.05, 0) is 51.7 Å². The highest BCUT2D eigenvalue weighted by Gasteiger charge is 2.28. The Hall–Kier alpha value is -1.84. The van der Waals surface area contributed by atoms with Crippen LogP contribution in [0.1, 0.15) is 44.7 Å². The number of amides is 1. The third-order valence-electron chi connectivity index (χ3n) is 5.93. The molecular formula is C23H38N4O4S. The summed E-state index contributed by atoms with van der Waals surface area (Å²) < 4.78 is 31.4. The van der Waals surface area contributed by atoms with Crippen LogP contribution in [0.4, 0.5) is 10.5 Å². The lowest BCUT2D eigenvalue weighted by Crippen LogP contribution is -2.49. The second-order valence-electron chi connectivity index (χ2n) is 9.98. The Balaban J connectivity index is 1.60. The number of para-hydroxylation sites is 1. The Labute approximate surface area is 192 Å². The van der Waals surface area contributed by atoms with E-state index in [1.165, 1.54) is 23.1 Å². The lowest BCUT2D eigenvalue weighted by Gasteiger charge is -2.38. The van der Waals surface area contributed by atoms with Crippen molar-refractivity contribution in [2.75, 3.05) is 50.4 Å². The lowest BCUT2D eigenvalue weighted by atomic mass is 10.0. The van der Waals surface area contributed by atoms with Crippen LogP contribution < -0.4 is 9.62 Å². The predicted molar refractivity (Wildman–Crippen MR) is 127 cm³/mol. The van der Waals surface area contributed by atoms with Crippen molar-refractivity contribution in [2.45, 2.75) is 58.7 Å². The number of benzene rings is 1. The van der Waals surface area contributed by atoms with Crippen LogP contribution in [-0.2, 0) is 21.3 Å². The van der Waals surface area contributed by atoms with Gasteiger partial charge in [-0.15, -0.1) is 0 Å². The molecule has 0 atom stereocenters. The SMILES string of the molecule is Cc1cccc(CN2CCN(C(=O)OC(C)(C)C)CC2)c1N1CCC(NS(C)(=O)=O)CC1. The van der Waals surface area contributed by atoms with Crippen molar-refractivity contribution in [1.29, 1.82) is 0 Å². The molecule has 3 rings (SSSR count). The molecule has 0 aromatic heterocycles. The largest absolute Gasteiger partial charge is 0.444 e. The lowest BCUT2D eigenvalue weighted by molar-refractivity contribution is 0.0139. The van der Waals surface area contributed by atoms with Gasteiger partial charge < -0.3 is 14.5 Å². The maximum absolute atomic E-state index is 12.3. The van der Waals surface area contributed by atoms with Crippen molar-refractivity contribution in [3.05, 3.63) is 29.3 Å². The van der Waals surface area contributed by atoms with E-state index >= 15 is 0 Å². The number of piperazine rings is 1. The number of nitrogens with zero attached hydrogens (tertiary/aromatic N) is 3. The minimum atomic E-state index is -3.17. The van der Waals surface area contributed by atoms with Gasteiger partial charge in [-0.3, -0.25) is 4.90 Å². The zero-order chi connectivity index (χ0) is 23.5. The van der Waals surface area contributed by atoms with Crippen LogP contribution in [0.25, 0.3) is 0 Å². The summed E-state index contributed by atoms with van der Waals surface area (Å²) in [6.07, 6.45) is 2.59. The van der Waals surface area contributed by atoms with Crippen LogP contribution in [0.15, 0.2) is 18.2 Å². The van der Waals surface area contributed by atoms with Gasteiger partial charge in [0.15, 0.2) is 0 Å². The van der Waals surface area contributed by atoms with Crippen LogP contribution in [0.3, 0.4) is 0 Å². The molecule has 1 aromatic carbocycles. The number of sulfonamides is 1. The third kappa shape index (κ3) is 7.08. The standard InChI is InChI=1S/C23H38N4O4S/c1-18-7-6-8-19(21(18)26-11-9-20(10-12-26)24-32(5,29)30)17-25-13-15-27(16-14-25)22(28)31-23(2,3)4/h6-8,20,24H,9-17H2,1-5H3. The molecule has 0 saturated carbocycles. The van der Waals surface area contributed by atoms with Gasteiger partial charge in [0.05, 0.1) is 6.26 Å². The van der Waals surface area contributed by atoms with Crippen molar-refractivity contribution >= 4 is 21.8 Å². The van der Waals surface area contributed by atoms with Crippen molar-refractivity contribution in [3.63, 3.8) is 0 Å². The average Bonchev–Trinajstić information content (AvgIpc) is 2.67. The molecule has 0 radical (unpaired) electrons. The van der Waals surface area contributed by atoms with Gasteiger partial charge in [0, 0.05) is 57.5 Å². The highest BCUT2D eigenvalue weighted by atomic mass is 32.2. The van der Waals surface area contributed by atoms with Crippen LogP contribution in [0.5, 0.6) is 0 Å². The second kappa shape index (κ2) is 9.97. The summed E-state index contributed by atoms with van der Waals surface area (Å²) in [5.41, 5.74) is 3.31. The molecule has 0 unspecified atom stereocenters. The Kier molecular flexibility index (Phi) is 7.73. The third-order valence-corrected chi connectivity index (χ3v) is 6.69. The molecule has 8 nitrogen and oxygen atoms in total. The molecule has 180 valence electrons. The fourth-order valence-corrected chi connectivity index (χ4v) is 5.32. The molecule has 2 saturated heterocycles. The molecule has 32 heavy (non-hydrogen) atoms. The molecular weight excluding hydrogens is 428 g/mol. The van der Waals surface area contributed by atoms with E-state index in [1.807, 2.05) is 20.8 Å². The first-order chi connectivity index (χ1) is 14.9. The molecule has 1 amide bonds. The number of nitrogens with one attached hydrogen (secondary N) is 1. The minimum absolute atomic E-state index is 0.00894. The Morgan fingerprint density at radius 1 is 1.09 bits per heavy atom. The zero-order valence-electron chi connectivity index (χ0n) is 20.1. The van der Waals surface area contributed by atoms with E-state index in [4.69, 9.17) is 4.74 Å². The van der Waals surface area contributed by atoms with Gasteiger partial charge in [0.2, 0.25) is 10.0 Å². The van der Waals surface area contributed by atoms with E-state index < -0.39 is 15.6 Å². The van der Waals surface area contributed by atoms with E-state index in [-0.39, 0.29) is 12.1 Å². The summed E-state index contributed by atoms with van der Waals surface area (Å²) in [5, 5.41) is 0. The number of ether oxygens (including phenoxy) is 1. The van der Waals surface area contributed by atoms with E-state index in [2.05, 4.69) is 39.6 Å². The molecule has 0 aliphatic carbocycles. The summed E-state index contributed by atoms with van der Waals surface area (Å²) in [5.74, 6) is 0. The van der Waals surface area contributed by atoms with Gasteiger partial charge in [-0.1, -0.05) is 18.2 Å². The maximum Gasteiger partial charge on any atom is 0.410 e. The monoisotopic (exact) mass is 466 g/mol. The quantitative estimate of drug-likeness (QED) is 0.718. The first-order valence-electron chi connectivity index (χ1n) is 11.4. The van der Waals surface area contributed by atoms with Gasteiger partial charge in [-0.2, -0.15) is 0 Å². The Bertz CT molecular complexity index is 897. The smallest absolute Gasteiger partial charge is 0.410 e. The van der Waals surface area contributed by atoms with Crippen molar-refractivity contribution < 1.29 is 17.9 Å². The van der Waals surface area contributed by atoms with Gasteiger partial charge in [-0.25, -0.2) is 17.9 Å². The van der Waals surface area contributed by atoms with Crippen molar-refractivity contribution in [2.24, 2.45) is 0 Å². The molecule has 2 heterocycles. The summed E-state index contributed by atoms with van der Waals surface area (Å²) in [6, 6.07) is 6.43. The van der Waals surface area contributed by atoms with E-state index in [9.17, 15) is 13.2 Å². The number of aryl methyl sites for hydroxylation is 1. The highest BCUT2D eigenvalue weighted by molar-refractivity contribution is 7.88. The minimum Gasteiger partial charge on any atom is -0.444 e. The molecule has 1 N–H and O–H groups in total. The van der Waals surface area contributed by atoms with Crippen LogP contribution in [0.2, 0.25) is 0 Å². The Morgan fingerprint density at radius 2 is 1.72 bits per heavy atom. The van der Waals surface area contributed by atoms with Crippen LogP contribution >= 0.6 is 0 Å². The zero-order valence-corrected chi connectivity index (χ0v) is 20.9. The van der Waals surface area contributed by atoms with E-state index in [0.29, 0.717) is 13.1 Å². The topological polar surface area (TPSA) is 82.2 Å². The predicted octanol–water partition coefficient (Wildman–Crippen LogP) is 2.57. The molecule has 0 spiro atoms. The molecule has 0 bridgehead atoms. The normalized spacial score (nSPS) is 19.3. The van der Waals surface area contributed by atoms with Gasteiger partial charge >= 0.3 is 6.09 Å². The first kappa shape index (κ1) is 24.8. The summed E-state index contributed by atoms with van der Waals surface area (Å²) >= 11 is 0. The van der Waals surface area contributed by atoms with Gasteiger partial charge in [0.1, 0.15) is 5.60 Å². The van der Waals surface area contributed by atoms with Crippen LogP contribution in [-0.4, -0.2) is 81.5 Å². The molecule has 1 aromatic rings. The molecule has 9 heteroatoms. The molecule has 2 fully saturated rings. The molecule has 2 aliphatic rings. The summed E-state index contributed by atoms with van der Waals surface area (Å²) in [4.78, 5) is 18.9. The first-order valence-corrected chi connectivity index (χ1v) is 13.3. The summed E-state index contributed by atoms with van der Waals surface area (Å²) in [6.45, 7) is 13.3. The number of hydrogen-bond donors (Lipinski definition) is 1. The average molecular weight is 467 g/mol. The summed E-state index contributed by atoms with van der Waals surface area (Å²) in [7, 11) is -3.17. The van der Waals surface area contributed by atoms with Crippen LogP contribution in [0, 0.1) is 6.92 Å². The second-order valence-corrected chi connectivity index (χ2v) is 11.8. The number of carbonyl (C=O) groups is 1. The number of rotatable bonds is 5. The van der Waals surface area contributed by atoms with Crippen molar-refractivity contribution in [3.8, 4) is 0 Å². The fourth-order valence-electron chi connectivity index (χ4n) is 4.48. The fraction of sp³-hybridized carbons (Fsp3) is 0.696. The number of hydrogen-bond acceptors (Lipinski definition) is 6. The number of piperidine rings is 1. The molecule has 2 aliphatic heterocycles.